The van der Waals surface area contributed by atoms with E-state index in [1.807, 2.05) is 0 Å². The van der Waals surface area contributed by atoms with Crippen molar-refractivity contribution < 1.29 is 8.78 Å². The number of benzene rings is 1. The molecule has 0 fully saturated rings. The number of aryl methyl sites for hydroxylation is 1. The lowest BCUT2D eigenvalue weighted by atomic mass is 10.0. The van der Waals surface area contributed by atoms with Gasteiger partial charge in [-0.2, -0.15) is 0 Å². The molecule has 0 aliphatic heterocycles. The molecule has 2 rings (SSSR count). The lowest BCUT2D eigenvalue weighted by Crippen LogP contribution is -1.98. The van der Waals surface area contributed by atoms with Crippen LogP contribution in [-0.4, -0.2) is 4.98 Å². The molecule has 4 heteroatoms. The van der Waals surface area contributed by atoms with E-state index in [2.05, 4.69) is 4.98 Å². The van der Waals surface area contributed by atoms with Gasteiger partial charge in [0.05, 0.1) is 0 Å². The second-order valence-corrected chi connectivity index (χ2v) is 3.84. The van der Waals surface area contributed by atoms with Crippen LogP contribution in [0.3, 0.4) is 0 Å². The first-order chi connectivity index (χ1) is 8.13. The molecule has 0 saturated heterocycles. The van der Waals surface area contributed by atoms with Crippen molar-refractivity contribution in [3.05, 3.63) is 53.4 Å². The fraction of sp³-hybridized carbons (Fsp3) is 0.154. The minimum absolute atomic E-state index is 0.205. The number of hydrogen-bond acceptors (Lipinski definition) is 2. The van der Waals surface area contributed by atoms with Crippen LogP contribution in [0.25, 0.3) is 11.1 Å². The van der Waals surface area contributed by atoms with Crippen LogP contribution >= 0.6 is 0 Å². The van der Waals surface area contributed by atoms with Crippen molar-refractivity contribution in [1.82, 2.24) is 4.98 Å². The van der Waals surface area contributed by atoms with Gasteiger partial charge in [-0.3, -0.25) is 4.98 Å². The first-order valence-electron chi connectivity index (χ1n) is 5.22. The van der Waals surface area contributed by atoms with Gasteiger partial charge in [-0.05, 0) is 24.1 Å². The first kappa shape index (κ1) is 11.7. The number of nitrogens with zero attached hydrogens (tertiary/aromatic N) is 1. The van der Waals surface area contributed by atoms with Gasteiger partial charge in [0, 0.05) is 30.1 Å². The summed E-state index contributed by atoms with van der Waals surface area (Å²) in [6, 6.07) is 4.80. The van der Waals surface area contributed by atoms with Crippen molar-refractivity contribution in [3.63, 3.8) is 0 Å². The van der Waals surface area contributed by atoms with E-state index in [9.17, 15) is 8.78 Å². The first-order valence-corrected chi connectivity index (χ1v) is 5.22. The van der Waals surface area contributed by atoms with Crippen molar-refractivity contribution >= 4 is 0 Å². The standard InChI is InChI=1S/C13H12F2N2/c1-8-2-3-11(13(15)12(8)14)10-4-9(5-16)6-17-7-10/h2-4,6-7H,5,16H2,1H3. The van der Waals surface area contributed by atoms with E-state index in [4.69, 9.17) is 5.73 Å². The molecule has 2 nitrogen and oxygen atoms in total. The van der Waals surface area contributed by atoms with E-state index < -0.39 is 11.6 Å². The van der Waals surface area contributed by atoms with Gasteiger partial charge in [0.1, 0.15) is 0 Å². The Bertz CT molecular complexity index is 553. The van der Waals surface area contributed by atoms with Crippen LogP contribution in [-0.2, 0) is 6.54 Å². The largest absolute Gasteiger partial charge is 0.326 e. The molecule has 17 heavy (non-hydrogen) atoms. The Hall–Kier alpha value is -1.81. The summed E-state index contributed by atoms with van der Waals surface area (Å²) in [5.74, 6) is -1.67. The van der Waals surface area contributed by atoms with Crippen LogP contribution < -0.4 is 5.73 Å². The lowest BCUT2D eigenvalue weighted by Gasteiger charge is -2.07. The maximum atomic E-state index is 13.7. The van der Waals surface area contributed by atoms with Crippen LogP contribution in [0.15, 0.2) is 30.6 Å². The predicted octanol–water partition coefficient (Wildman–Crippen LogP) is 2.79. The minimum atomic E-state index is -0.846. The summed E-state index contributed by atoms with van der Waals surface area (Å²) in [5.41, 5.74) is 7.28. The van der Waals surface area contributed by atoms with E-state index in [0.29, 0.717) is 12.1 Å². The molecule has 2 N–H and O–H groups in total. The van der Waals surface area contributed by atoms with Crippen molar-refractivity contribution in [3.8, 4) is 11.1 Å². The normalized spacial score (nSPS) is 10.6. The Kier molecular flexibility index (Phi) is 3.15. The van der Waals surface area contributed by atoms with Gasteiger partial charge in [0.25, 0.3) is 0 Å². The van der Waals surface area contributed by atoms with Crippen molar-refractivity contribution in [2.24, 2.45) is 5.73 Å². The predicted molar refractivity (Wildman–Crippen MR) is 62.2 cm³/mol. The van der Waals surface area contributed by atoms with E-state index >= 15 is 0 Å². The third-order valence-electron chi connectivity index (χ3n) is 2.62. The number of aromatic nitrogens is 1. The summed E-state index contributed by atoms with van der Waals surface area (Å²) >= 11 is 0. The molecule has 0 atom stereocenters. The molecular formula is C13H12F2N2. The molecule has 0 saturated carbocycles. The van der Waals surface area contributed by atoms with Gasteiger partial charge in [-0.25, -0.2) is 8.78 Å². The van der Waals surface area contributed by atoms with Crippen LogP contribution in [0.2, 0.25) is 0 Å². The fourth-order valence-corrected chi connectivity index (χ4v) is 1.62. The fourth-order valence-electron chi connectivity index (χ4n) is 1.62. The number of nitrogens with two attached hydrogens (primary N) is 1. The van der Waals surface area contributed by atoms with E-state index in [1.54, 1.807) is 24.4 Å². The Morgan fingerprint density at radius 1 is 1.18 bits per heavy atom. The molecule has 0 unspecified atom stereocenters. The van der Waals surface area contributed by atoms with Crippen molar-refractivity contribution in [1.29, 1.82) is 0 Å². The summed E-state index contributed by atoms with van der Waals surface area (Å²) < 4.78 is 27.2. The monoisotopic (exact) mass is 234 g/mol. The number of rotatable bonds is 2. The summed E-state index contributed by atoms with van der Waals surface area (Å²) in [6.45, 7) is 1.84. The van der Waals surface area contributed by atoms with Crippen molar-refractivity contribution in [2.45, 2.75) is 13.5 Å². The topological polar surface area (TPSA) is 38.9 Å². The average molecular weight is 234 g/mol. The zero-order valence-electron chi connectivity index (χ0n) is 9.37. The molecule has 0 aliphatic carbocycles. The highest BCUT2D eigenvalue weighted by molar-refractivity contribution is 5.64. The lowest BCUT2D eigenvalue weighted by molar-refractivity contribution is 0.505. The van der Waals surface area contributed by atoms with Crippen LogP contribution in [0.5, 0.6) is 0 Å². The third-order valence-corrected chi connectivity index (χ3v) is 2.62. The highest BCUT2D eigenvalue weighted by atomic mass is 19.2. The van der Waals surface area contributed by atoms with Gasteiger partial charge in [0.2, 0.25) is 0 Å². The molecule has 1 aromatic heterocycles. The SMILES string of the molecule is Cc1ccc(-c2cncc(CN)c2)c(F)c1F. The van der Waals surface area contributed by atoms with Crippen LogP contribution in [0.4, 0.5) is 8.78 Å². The molecule has 0 bridgehead atoms. The van der Waals surface area contributed by atoms with Gasteiger partial charge in [-0.15, -0.1) is 0 Å². The van der Waals surface area contributed by atoms with Gasteiger partial charge < -0.3 is 5.73 Å². The second-order valence-electron chi connectivity index (χ2n) is 3.84. The van der Waals surface area contributed by atoms with Gasteiger partial charge in [0.15, 0.2) is 11.6 Å². The van der Waals surface area contributed by atoms with E-state index in [1.165, 1.54) is 13.1 Å². The molecule has 0 amide bonds. The number of halogens is 2. The Morgan fingerprint density at radius 2 is 1.94 bits per heavy atom. The summed E-state index contributed by atoms with van der Waals surface area (Å²) in [7, 11) is 0. The zero-order chi connectivity index (χ0) is 12.4. The van der Waals surface area contributed by atoms with Crippen molar-refractivity contribution in [2.75, 3.05) is 0 Å². The summed E-state index contributed by atoms with van der Waals surface area (Å²) in [6.07, 6.45) is 3.10. The molecule has 88 valence electrons. The smallest absolute Gasteiger partial charge is 0.166 e. The summed E-state index contributed by atoms with van der Waals surface area (Å²) in [5, 5.41) is 0. The van der Waals surface area contributed by atoms with Crippen LogP contribution in [0, 0.1) is 18.6 Å². The average Bonchev–Trinajstić information content (AvgIpc) is 2.36. The molecule has 0 radical (unpaired) electrons. The Balaban J connectivity index is 2.56. The van der Waals surface area contributed by atoms with Gasteiger partial charge >= 0.3 is 0 Å². The number of pyridine rings is 1. The molecule has 0 spiro atoms. The molecule has 0 aliphatic rings. The van der Waals surface area contributed by atoms with E-state index in [0.717, 1.165) is 5.56 Å². The highest BCUT2D eigenvalue weighted by Crippen LogP contribution is 2.26. The molecular weight excluding hydrogens is 222 g/mol. The second kappa shape index (κ2) is 4.59. The molecule has 1 heterocycles. The number of hydrogen-bond donors (Lipinski definition) is 1. The quantitative estimate of drug-likeness (QED) is 0.867. The Morgan fingerprint density at radius 3 is 2.65 bits per heavy atom. The maximum Gasteiger partial charge on any atom is 0.166 e. The van der Waals surface area contributed by atoms with Gasteiger partial charge in [-0.1, -0.05) is 12.1 Å². The molecule has 2 aromatic rings. The zero-order valence-corrected chi connectivity index (χ0v) is 9.37. The van der Waals surface area contributed by atoms with Crippen LogP contribution in [0.1, 0.15) is 11.1 Å². The maximum absolute atomic E-state index is 13.7. The summed E-state index contributed by atoms with van der Waals surface area (Å²) in [4.78, 5) is 3.96. The minimum Gasteiger partial charge on any atom is -0.326 e. The van der Waals surface area contributed by atoms with E-state index in [-0.39, 0.29) is 11.1 Å². The highest BCUT2D eigenvalue weighted by Gasteiger charge is 2.12. The third kappa shape index (κ3) is 2.17. The Labute approximate surface area is 98.1 Å². The molecule has 1 aromatic carbocycles.